The number of carbonyl (C=O) groups is 2. The molecule has 0 saturated heterocycles. The van der Waals surface area contributed by atoms with E-state index in [0.29, 0.717) is 26.2 Å². The van der Waals surface area contributed by atoms with Crippen molar-refractivity contribution in [3.8, 4) is 0 Å². The maximum absolute atomic E-state index is 12.2. The third kappa shape index (κ3) is 5.46. The highest BCUT2D eigenvalue weighted by Crippen LogP contribution is 2.18. The van der Waals surface area contributed by atoms with Crippen LogP contribution in [0, 0.1) is 0 Å². The molecule has 0 fully saturated rings. The first-order valence-corrected chi connectivity index (χ1v) is 10.8. The van der Waals surface area contributed by atoms with Gasteiger partial charge in [-0.05, 0) is 35.1 Å². The maximum Gasteiger partial charge on any atom is 0.234 e. The molecule has 2 heterocycles. The van der Waals surface area contributed by atoms with Gasteiger partial charge in [0, 0.05) is 39.3 Å². The second kappa shape index (κ2) is 9.87. The van der Waals surface area contributed by atoms with Gasteiger partial charge in [-0.15, -0.1) is 0 Å². The summed E-state index contributed by atoms with van der Waals surface area (Å²) in [5.74, 6) is 0.0209. The van der Waals surface area contributed by atoms with Gasteiger partial charge < -0.3 is 10.6 Å². The lowest BCUT2D eigenvalue weighted by Gasteiger charge is -2.28. The van der Waals surface area contributed by atoms with Gasteiger partial charge in [0.05, 0.1) is 13.1 Å². The summed E-state index contributed by atoms with van der Waals surface area (Å²) in [6, 6.07) is 16.8. The van der Waals surface area contributed by atoms with Crippen LogP contribution in [-0.4, -0.2) is 60.9 Å². The fraction of sp³-hybridized carbons (Fsp3) is 0.417. The molecular weight excluding hydrogens is 376 g/mol. The molecular formula is C24H30N4O2. The van der Waals surface area contributed by atoms with Crippen LogP contribution in [0.15, 0.2) is 48.5 Å². The van der Waals surface area contributed by atoms with Gasteiger partial charge in [0.25, 0.3) is 0 Å². The summed E-state index contributed by atoms with van der Waals surface area (Å²) in [5.41, 5.74) is 5.39. The molecule has 0 bridgehead atoms. The van der Waals surface area contributed by atoms with Crippen LogP contribution in [0.4, 0.5) is 0 Å². The predicted molar refractivity (Wildman–Crippen MR) is 117 cm³/mol. The summed E-state index contributed by atoms with van der Waals surface area (Å²) in [4.78, 5) is 28.8. The molecule has 2 aliphatic rings. The zero-order chi connectivity index (χ0) is 20.8. The minimum absolute atomic E-state index is 0.0104. The van der Waals surface area contributed by atoms with Gasteiger partial charge in [-0.25, -0.2) is 0 Å². The molecule has 0 aliphatic carbocycles. The van der Waals surface area contributed by atoms with Gasteiger partial charge in [0.15, 0.2) is 0 Å². The lowest BCUT2D eigenvalue weighted by Crippen LogP contribution is -2.44. The van der Waals surface area contributed by atoms with Gasteiger partial charge in [-0.3, -0.25) is 19.4 Å². The third-order valence-electron chi connectivity index (χ3n) is 5.92. The van der Waals surface area contributed by atoms with Crippen molar-refractivity contribution in [3.05, 3.63) is 70.8 Å². The molecule has 2 aromatic carbocycles. The molecule has 0 unspecified atom stereocenters. The van der Waals surface area contributed by atoms with Crippen molar-refractivity contribution >= 4 is 11.8 Å². The molecule has 158 valence electrons. The van der Waals surface area contributed by atoms with E-state index in [1.807, 2.05) is 12.1 Å². The number of benzene rings is 2. The van der Waals surface area contributed by atoms with Crippen LogP contribution in [0.25, 0.3) is 0 Å². The van der Waals surface area contributed by atoms with Crippen molar-refractivity contribution in [1.29, 1.82) is 0 Å². The highest BCUT2D eigenvalue weighted by molar-refractivity contribution is 5.79. The van der Waals surface area contributed by atoms with E-state index in [4.69, 9.17) is 0 Å². The predicted octanol–water partition coefficient (Wildman–Crippen LogP) is 1.34. The fourth-order valence-electron chi connectivity index (χ4n) is 4.30. The van der Waals surface area contributed by atoms with Gasteiger partial charge in [0.2, 0.25) is 11.8 Å². The monoisotopic (exact) mass is 406 g/mol. The van der Waals surface area contributed by atoms with Crippen molar-refractivity contribution in [1.82, 2.24) is 20.4 Å². The Hall–Kier alpha value is -2.70. The zero-order valence-electron chi connectivity index (χ0n) is 17.4. The highest BCUT2D eigenvalue weighted by atomic mass is 16.2. The first kappa shape index (κ1) is 20.6. The molecule has 0 aromatic heterocycles. The van der Waals surface area contributed by atoms with E-state index in [1.165, 1.54) is 22.3 Å². The quantitative estimate of drug-likeness (QED) is 0.681. The Morgan fingerprint density at radius 1 is 0.667 bits per heavy atom. The van der Waals surface area contributed by atoms with Crippen LogP contribution in [0.5, 0.6) is 0 Å². The van der Waals surface area contributed by atoms with Crippen molar-refractivity contribution in [2.75, 3.05) is 39.3 Å². The first-order chi connectivity index (χ1) is 14.7. The fourth-order valence-corrected chi connectivity index (χ4v) is 4.30. The summed E-state index contributed by atoms with van der Waals surface area (Å²) in [6.45, 7) is 5.15. The average molecular weight is 407 g/mol. The summed E-state index contributed by atoms with van der Waals surface area (Å²) >= 11 is 0. The summed E-state index contributed by atoms with van der Waals surface area (Å²) in [7, 11) is 0. The van der Waals surface area contributed by atoms with Crippen LogP contribution in [-0.2, 0) is 35.5 Å². The van der Waals surface area contributed by atoms with Gasteiger partial charge in [0.1, 0.15) is 0 Å². The maximum atomic E-state index is 12.2. The Morgan fingerprint density at radius 2 is 1.07 bits per heavy atom. The van der Waals surface area contributed by atoms with E-state index < -0.39 is 0 Å². The minimum Gasteiger partial charge on any atom is -0.353 e. The molecule has 4 rings (SSSR count). The standard InChI is InChI=1S/C24H30N4O2/c29-23(17-27-13-9-19-5-1-3-7-21(19)15-27)25-11-12-26-24(30)18-28-14-10-20-6-2-4-8-22(20)16-28/h1-8H,9-18H2,(H,25,29)(H,26,30). The Morgan fingerprint density at radius 3 is 1.50 bits per heavy atom. The van der Waals surface area contributed by atoms with Gasteiger partial charge >= 0.3 is 0 Å². The minimum atomic E-state index is 0.0104. The van der Waals surface area contributed by atoms with Gasteiger partial charge in [-0.2, -0.15) is 0 Å². The number of rotatable bonds is 7. The van der Waals surface area contributed by atoms with Crippen LogP contribution in [0.3, 0.4) is 0 Å². The zero-order valence-corrected chi connectivity index (χ0v) is 17.4. The number of amides is 2. The Bertz CT molecular complexity index is 825. The Balaban J connectivity index is 1.11. The summed E-state index contributed by atoms with van der Waals surface area (Å²) < 4.78 is 0. The van der Waals surface area contributed by atoms with E-state index in [0.717, 1.165) is 39.0 Å². The molecule has 6 nitrogen and oxygen atoms in total. The number of hydrogen-bond donors (Lipinski definition) is 2. The lowest BCUT2D eigenvalue weighted by molar-refractivity contribution is -0.124. The number of hydrogen-bond acceptors (Lipinski definition) is 4. The SMILES string of the molecule is O=C(CN1CCc2ccccc2C1)NCCNC(=O)CN1CCc2ccccc2C1. The largest absolute Gasteiger partial charge is 0.353 e. The van der Waals surface area contributed by atoms with Crippen LogP contribution in [0.2, 0.25) is 0 Å². The molecule has 2 aromatic rings. The topological polar surface area (TPSA) is 64.7 Å². The molecule has 0 radical (unpaired) electrons. The van der Waals surface area contributed by atoms with Crippen LogP contribution in [0.1, 0.15) is 22.3 Å². The van der Waals surface area contributed by atoms with E-state index in [9.17, 15) is 9.59 Å². The molecule has 6 heteroatoms. The van der Waals surface area contributed by atoms with Crippen molar-refractivity contribution in [2.45, 2.75) is 25.9 Å². The van der Waals surface area contributed by atoms with Crippen LogP contribution < -0.4 is 10.6 Å². The van der Waals surface area contributed by atoms with Gasteiger partial charge in [-0.1, -0.05) is 48.5 Å². The number of nitrogens with zero attached hydrogens (tertiary/aromatic N) is 2. The second-order valence-corrected chi connectivity index (χ2v) is 8.16. The molecule has 0 spiro atoms. The summed E-state index contributed by atoms with van der Waals surface area (Å²) in [5, 5.41) is 5.83. The number of carbonyl (C=O) groups excluding carboxylic acids is 2. The lowest BCUT2D eigenvalue weighted by atomic mass is 10.00. The molecule has 0 atom stereocenters. The first-order valence-electron chi connectivity index (χ1n) is 10.8. The van der Waals surface area contributed by atoms with Crippen molar-refractivity contribution in [2.24, 2.45) is 0 Å². The highest BCUT2D eigenvalue weighted by Gasteiger charge is 2.19. The smallest absolute Gasteiger partial charge is 0.234 e. The van der Waals surface area contributed by atoms with Crippen LogP contribution >= 0.6 is 0 Å². The van der Waals surface area contributed by atoms with E-state index in [2.05, 4.69) is 56.8 Å². The molecule has 2 aliphatic heterocycles. The van der Waals surface area contributed by atoms with E-state index in [-0.39, 0.29) is 11.8 Å². The van der Waals surface area contributed by atoms with E-state index >= 15 is 0 Å². The number of nitrogens with one attached hydrogen (secondary N) is 2. The molecule has 2 N–H and O–H groups in total. The average Bonchev–Trinajstić information content (AvgIpc) is 2.76. The second-order valence-electron chi connectivity index (χ2n) is 8.16. The number of fused-ring (bicyclic) bond motifs is 2. The molecule has 30 heavy (non-hydrogen) atoms. The normalized spacial score (nSPS) is 16.4. The Labute approximate surface area is 178 Å². The Kier molecular flexibility index (Phi) is 6.77. The van der Waals surface area contributed by atoms with E-state index in [1.54, 1.807) is 0 Å². The summed E-state index contributed by atoms with van der Waals surface area (Å²) in [6.07, 6.45) is 1.97. The molecule has 2 amide bonds. The van der Waals surface area contributed by atoms with Crippen molar-refractivity contribution in [3.63, 3.8) is 0 Å². The third-order valence-corrected chi connectivity index (χ3v) is 5.92. The molecule has 0 saturated carbocycles. The van der Waals surface area contributed by atoms with Crippen molar-refractivity contribution < 1.29 is 9.59 Å².